The predicted molar refractivity (Wildman–Crippen MR) is 82.0 cm³/mol. The molecule has 0 spiro atoms. The summed E-state index contributed by atoms with van der Waals surface area (Å²) in [4.78, 5) is 2.35. The molecule has 1 unspecified atom stereocenters. The fraction of sp³-hybridized carbons (Fsp3) is 0.467. The van der Waals surface area contributed by atoms with Gasteiger partial charge in [0.15, 0.2) is 0 Å². The summed E-state index contributed by atoms with van der Waals surface area (Å²) in [5, 5.41) is 12.2. The first-order valence-corrected chi connectivity index (χ1v) is 7.88. The molecule has 100 valence electrons. The summed E-state index contributed by atoms with van der Waals surface area (Å²) in [6.45, 7) is 2.95. The molecule has 3 aliphatic heterocycles. The highest BCUT2D eigenvalue weighted by Gasteiger charge is 2.48. The number of para-hydroxylation sites is 1. The van der Waals surface area contributed by atoms with Crippen molar-refractivity contribution >= 4 is 33.6 Å². The lowest BCUT2D eigenvalue weighted by atomic mass is 9.74. The van der Waals surface area contributed by atoms with E-state index in [1.807, 2.05) is 18.2 Å². The van der Waals surface area contributed by atoms with Crippen LogP contribution in [0.1, 0.15) is 18.6 Å². The van der Waals surface area contributed by atoms with Crippen LogP contribution in [0.2, 0.25) is 0 Å². The Labute approximate surface area is 125 Å². The third-order valence-electron chi connectivity index (χ3n) is 4.65. The highest BCUT2D eigenvalue weighted by atomic mass is 127. The van der Waals surface area contributed by atoms with Gasteiger partial charge in [-0.3, -0.25) is 4.90 Å². The first-order valence-electron chi connectivity index (χ1n) is 6.80. The van der Waals surface area contributed by atoms with Crippen LogP contribution >= 0.6 is 22.6 Å². The Hall–Kier alpha value is -0.590. The molecule has 3 fully saturated rings. The minimum Gasteiger partial charge on any atom is -0.457 e. The number of aliphatic hydroxyl groups is 1. The molecule has 1 aromatic heterocycles. The van der Waals surface area contributed by atoms with Crippen molar-refractivity contribution in [2.45, 2.75) is 18.4 Å². The third kappa shape index (κ3) is 1.76. The van der Waals surface area contributed by atoms with Crippen LogP contribution in [0.15, 0.2) is 28.7 Å². The van der Waals surface area contributed by atoms with Gasteiger partial charge in [0.2, 0.25) is 0 Å². The van der Waals surface area contributed by atoms with Gasteiger partial charge in [0.1, 0.15) is 16.9 Å². The summed E-state index contributed by atoms with van der Waals surface area (Å²) in [6.07, 6.45) is 2.15. The monoisotopic (exact) mass is 369 g/mol. The fourth-order valence-electron chi connectivity index (χ4n) is 3.56. The van der Waals surface area contributed by atoms with Gasteiger partial charge in [0, 0.05) is 11.9 Å². The van der Waals surface area contributed by atoms with Crippen molar-refractivity contribution in [2.24, 2.45) is 5.92 Å². The first-order chi connectivity index (χ1) is 9.17. The van der Waals surface area contributed by atoms with Crippen LogP contribution in [0.5, 0.6) is 0 Å². The van der Waals surface area contributed by atoms with E-state index in [1.54, 1.807) is 0 Å². The second kappa shape index (κ2) is 4.20. The Kier molecular flexibility index (Phi) is 2.69. The Morgan fingerprint density at radius 1 is 1.32 bits per heavy atom. The molecule has 5 rings (SSSR count). The summed E-state index contributed by atoms with van der Waals surface area (Å²) in [5.41, 5.74) is 0.112. The van der Waals surface area contributed by atoms with Crippen molar-refractivity contribution < 1.29 is 9.52 Å². The molecule has 4 heterocycles. The number of nitrogens with zero attached hydrogens (tertiary/aromatic N) is 1. The lowest BCUT2D eigenvalue weighted by molar-refractivity contribution is -0.128. The van der Waals surface area contributed by atoms with E-state index in [1.165, 1.54) is 0 Å². The number of furan rings is 1. The summed E-state index contributed by atoms with van der Waals surface area (Å²) in [6, 6.07) is 8.15. The molecule has 2 bridgehead atoms. The SMILES string of the molecule is OC1(c2cc3cccc(I)c3o2)CN2CCC1CC2. The van der Waals surface area contributed by atoms with Crippen LogP contribution in [0.3, 0.4) is 0 Å². The Bertz CT molecular complexity index is 630. The van der Waals surface area contributed by atoms with E-state index >= 15 is 0 Å². The number of rotatable bonds is 1. The predicted octanol–water partition coefficient (Wildman–Crippen LogP) is 2.95. The number of hydrogen-bond acceptors (Lipinski definition) is 3. The molecular weight excluding hydrogens is 353 g/mol. The quantitative estimate of drug-likeness (QED) is 0.786. The average Bonchev–Trinajstić information content (AvgIpc) is 2.86. The van der Waals surface area contributed by atoms with Gasteiger partial charge in [-0.2, -0.15) is 0 Å². The maximum absolute atomic E-state index is 11.1. The molecule has 1 aromatic carbocycles. The summed E-state index contributed by atoms with van der Waals surface area (Å²) in [7, 11) is 0. The van der Waals surface area contributed by atoms with E-state index in [9.17, 15) is 5.11 Å². The maximum atomic E-state index is 11.1. The highest BCUT2D eigenvalue weighted by molar-refractivity contribution is 14.1. The molecule has 3 nitrogen and oxygen atoms in total. The van der Waals surface area contributed by atoms with Gasteiger partial charge in [-0.15, -0.1) is 0 Å². The normalized spacial score (nSPS) is 34.0. The van der Waals surface area contributed by atoms with Crippen LogP contribution in [-0.4, -0.2) is 29.6 Å². The zero-order chi connectivity index (χ0) is 13.0. The minimum atomic E-state index is -0.793. The van der Waals surface area contributed by atoms with Gasteiger partial charge in [0.25, 0.3) is 0 Å². The van der Waals surface area contributed by atoms with E-state index in [0.717, 1.165) is 46.2 Å². The van der Waals surface area contributed by atoms with Gasteiger partial charge >= 0.3 is 0 Å². The minimum absolute atomic E-state index is 0.343. The topological polar surface area (TPSA) is 36.6 Å². The molecule has 2 aromatic rings. The van der Waals surface area contributed by atoms with Crippen LogP contribution in [0.25, 0.3) is 11.0 Å². The Morgan fingerprint density at radius 2 is 2.11 bits per heavy atom. The van der Waals surface area contributed by atoms with Gasteiger partial charge in [0.05, 0.1) is 3.57 Å². The first kappa shape index (κ1) is 12.2. The number of halogens is 1. The number of piperidine rings is 3. The van der Waals surface area contributed by atoms with Crippen molar-refractivity contribution in [1.82, 2.24) is 4.90 Å². The Balaban J connectivity index is 1.83. The van der Waals surface area contributed by atoms with Crippen molar-refractivity contribution in [2.75, 3.05) is 19.6 Å². The van der Waals surface area contributed by atoms with Crippen molar-refractivity contribution in [1.29, 1.82) is 0 Å². The zero-order valence-electron chi connectivity index (χ0n) is 10.6. The smallest absolute Gasteiger partial charge is 0.147 e. The zero-order valence-corrected chi connectivity index (χ0v) is 12.8. The third-order valence-corrected chi connectivity index (χ3v) is 5.50. The molecule has 0 aliphatic carbocycles. The number of benzene rings is 1. The van der Waals surface area contributed by atoms with E-state index in [2.05, 4.69) is 33.6 Å². The standard InChI is InChI=1S/C15H16INO2/c16-12-3-1-2-10-8-13(19-14(10)12)15(18)9-17-6-4-11(15)5-7-17/h1-3,8,11,18H,4-7,9H2. The van der Waals surface area contributed by atoms with Crippen LogP contribution in [-0.2, 0) is 5.60 Å². The second-order valence-electron chi connectivity index (χ2n) is 5.74. The molecule has 0 amide bonds. The number of fused-ring (bicyclic) bond motifs is 4. The molecule has 3 saturated heterocycles. The molecule has 1 atom stereocenters. The van der Waals surface area contributed by atoms with Crippen LogP contribution in [0, 0.1) is 9.49 Å². The van der Waals surface area contributed by atoms with Crippen LogP contribution < -0.4 is 0 Å². The molecule has 0 radical (unpaired) electrons. The second-order valence-corrected chi connectivity index (χ2v) is 6.91. The summed E-state index contributed by atoms with van der Waals surface area (Å²) < 4.78 is 7.11. The molecule has 0 saturated carbocycles. The van der Waals surface area contributed by atoms with Crippen molar-refractivity contribution in [3.8, 4) is 0 Å². The Morgan fingerprint density at radius 3 is 2.74 bits per heavy atom. The largest absolute Gasteiger partial charge is 0.457 e. The maximum Gasteiger partial charge on any atom is 0.147 e. The van der Waals surface area contributed by atoms with Gasteiger partial charge in [-0.1, -0.05) is 12.1 Å². The van der Waals surface area contributed by atoms with Gasteiger partial charge < -0.3 is 9.52 Å². The van der Waals surface area contributed by atoms with Crippen molar-refractivity contribution in [3.63, 3.8) is 0 Å². The number of hydrogen-bond donors (Lipinski definition) is 1. The van der Waals surface area contributed by atoms with Crippen LogP contribution in [0.4, 0.5) is 0 Å². The summed E-state index contributed by atoms with van der Waals surface area (Å²) in [5.74, 6) is 1.09. The lowest BCUT2D eigenvalue weighted by Crippen LogP contribution is -2.56. The van der Waals surface area contributed by atoms with E-state index in [0.29, 0.717) is 12.5 Å². The molecule has 19 heavy (non-hydrogen) atoms. The van der Waals surface area contributed by atoms with E-state index in [4.69, 9.17) is 4.42 Å². The molecule has 1 N–H and O–H groups in total. The van der Waals surface area contributed by atoms with E-state index in [-0.39, 0.29) is 0 Å². The lowest BCUT2D eigenvalue weighted by Gasteiger charge is -2.49. The molecule has 4 heteroatoms. The molecular formula is C15H16INO2. The molecule has 3 aliphatic rings. The van der Waals surface area contributed by atoms with Gasteiger partial charge in [-0.05, 0) is 66.6 Å². The summed E-state index contributed by atoms with van der Waals surface area (Å²) >= 11 is 2.28. The fourth-order valence-corrected chi connectivity index (χ4v) is 4.19. The van der Waals surface area contributed by atoms with Crippen molar-refractivity contribution in [3.05, 3.63) is 33.6 Å². The van der Waals surface area contributed by atoms with Gasteiger partial charge in [-0.25, -0.2) is 0 Å². The van der Waals surface area contributed by atoms with E-state index < -0.39 is 5.60 Å². The highest BCUT2D eigenvalue weighted by Crippen LogP contribution is 2.44. The average molecular weight is 369 g/mol.